The van der Waals surface area contributed by atoms with Crippen molar-refractivity contribution < 1.29 is 29.0 Å². The van der Waals surface area contributed by atoms with Crippen molar-refractivity contribution in [3.05, 3.63) is 69.8 Å². The number of carbonyl (C=O) groups is 3. The van der Waals surface area contributed by atoms with Crippen LogP contribution in [0.1, 0.15) is 54.1 Å². The van der Waals surface area contributed by atoms with E-state index < -0.39 is 24.2 Å². The fourth-order valence-corrected chi connectivity index (χ4v) is 2.82. The van der Waals surface area contributed by atoms with Gasteiger partial charge in [-0.2, -0.15) is 0 Å². The fraction of sp³-hybridized carbons (Fsp3) is 0.118. The molecule has 23 heavy (non-hydrogen) atoms. The third-order valence-electron chi connectivity index (χ3n) is 3.94. The third-order valence-corrected chi connectivity index (χ3v) is 3.94. The van der Waals surface area contributed by atoms with E-state index in [4.69, 9.17) is 4.74 Å². The Morgan fingerprint density at radius 2 is 1.48 bits per heavy atom. The molecule has 2 aliphatic heterocycles. The third kappa shape index (κ3) is 2.11. The Hall–Kier alpha value is -2.99. The molecule has 0 amide bonds. The summed E-state index contributed by atoms with van der Waals surface area (Å²) in [4.78, 5) is 34.5. The highest BCUT2D eigenvalue weighted by atomic mass is 16.6. The lowest BCUT2D eigenvalue weighted by Gasteiger charge is -2.06. The van der Waals surface area contributed by atoms with Crippen molar-refractivity contribution in [2.75, 3.05) is 0 Å². The van der Waals surface area contributed by atoms with Crippen LogP contribution in [0.3, 0.4) is 0 Å². The van der Waals surface area contributed by atoms with Crippen molar-refractivity contribution >= 4 is 17.9 Å². The summed E-state index contributed by atoms with van der Waals surface area (Å²) < 4.78 is 9.30. The molecular formula is C17H10O6. The van der Waals surface area contributed by atoms with Gasteiger partial charge in [0.2, 0.25) is 6.29 Å². The lowest BCUT2D eigenvalue weighted by atomic mass is 9.97. The Bertz CT molecular complexity index is 883. The van der Waals surface area contributed by atoms with E-state index in [1.165, 1.54) is 0 Å². The molecule has 0 spiro atoms. The standard InChI is InChI=1S/C17H10O6/c18-14-10-3-1-8(6-12(10)16(20)22-14)5-9-2-4-11-13(7-9)17(21)23-15(11)19/h1-4,6-7,16,20H,5H2. The van der Waals surface area contributed by atoms with Gasteiger partial charge >= 0.3 is 17.9 Å². The van der Waals surface area contributed by atoms with Crippen molar-refractivity contribution in [1.82, 2.24) is 0 Å². The molecule has 2 aliphatic rings. The zero-order valence-corrected chi connectivity index (χ0v) is 11.7. The van der Waals surface area contributed by atoms with E-state index in [0.717, 1.165) is 11.1 Å². The van der Waals surface area contributed by atoms with Crippen LogP contribution < -0.4 is 0 Å². The molecule has 0 bridgehead atoms. The molecule has 1 unspecified atom stereocenters. The summed E-state index contributed by atoms with van der Waals surface area (Å²) in [5, 5.41) is 9.69. The number of aliphatic hydroxyl groups is 1. The van der Waals surface area contributed by atoms with Gasteiger partial charge in [-0.1, -0.05) is 12.1 Å². The van der Waals surface area contributed by atoms with Gasteiger partial charge in [0, 0.05) is 5.56 Å². The molecule has 1 N–H and O–H groups in total. The molecule has 2 aromatic rings. The van der Waals surface area contributed by atoms with E-state index in [9.17, 15) is 19.5 Å². The first-order chi connectivity index (χ1) is 11.0. The van der Waals surface area contributed by atoms with Gasteiger partial charge in [-0.15, -0.1) is 0 Å². The van der Waals surface area contributed by atoms with E-state index in [1.807, 2.05) is 0 Å². The Balaban J connectivity index is 1.66. The first kappa shape index (κ1) is 13.7. The monoisotopic (exact) mass is 310 g/mol. The Morgan fingerprint density at radius 1 is 0.826 bits per heavy atom. The van der Waals surface area contributed by atoms with E-state index >= 15 is 0 Å². The zero-order chi connectivity index (χ0) is 16.1. The van der Waals surface area contributed by atoms with Crippen LogP contribution in [0.5, 0.6) is 0 Å². The highest BCUT2D eigenvalue weighted by Crippen LogP contribution is 2.30. The largest absolute Gasteiger partial charge is 0.428 e. The lowest BCUT2D eigenvalue weighted by Crippen LogP contribution is -1.98. The normalized spacial score (nSPS) is 18.5. The molecule has 0 aliphatic carbocycles. The average molecular weight is 310 g/mol. The van der Waals surface area contributed by atoms with Gasteiger partial charge in [0.05, 0.1) is 16.7 Å². The van der Waals surface area contributed by atoms with Gasteiger partial charge in [-0.25, -0.2) is 14.4 Å². The highest BCUT2D eigenvalue weighted by Gasteiger charge is 2.31. The highest BCUT2D eigenvalue weighted by molar-refractivity contribution is 6.14. The maximum atomic E-state index is 11.6. The van der Waals surface area contributed by atoms with Crippen LogP contribution in [0.2, 0.25) is 0 Å². The topological polar surface area (TPSA) is 89.9 Å². The Kier molecular flexibility index (Phi) is 2.82. The molecular weight excluding hydrogens is 300 g/mol. The van der Waals surface area contributed by atoms with Gasteiger partial charge in [-0.3, -0.25) is 0 Å². The van der Waals surface area contributed by atoms with Crippen LogP contribution in [0.4, 0.5) is 0 Å². The molecule has 2 aromatic carbocycles. The SMILES string of the molecule is O=C1OC(=O)c2cc(Cc3ccc4c(c3)C(O)OC4=O)ccc21. The second-order valence-corrected chi connectivity index (χ2v) is 5.41. The number of fused-ring (bicyclic) bond motifs is 2. The molecule has 0 aromatic heterocycles. The van der Waals surface area contributed by atoms with E-state index in [1.54, 1.807) is 36.4 Å². The summed E-state index contributed by atoms with van der Waals surface area (Å²) in [6.45, 7) is 0. The number of hydrogen-bond donors (Lipinski definition) is 1. The summed E-state index contributed by atoms with van der Waals surface area (Å²) >= 11 is 0. The molecule has 6 nitrogen and oxygen atoms in total. The minimum Gasteiger partial charge on any atom is -0.428 e. The number of carbonyl (C=O) groups excluding carboxylic acids is 3. The van der Waals surface area contributed by atoms with E-state index in [0.29, 0.717) is 17.5 Å². The summed E-state index contributed by atoms with van der Waals surface area (Å²) in [5.74, 6) is -1.82. The number of esters is 3. The van der Waals surface area contributed by atoms with Gasteiger partial charge in [0.25, 0.3) is 0 Å². The van der Waals surface area contributed by atoms with Crippen molar-refractivity contribution in [2.45, 2.75) is 12.7 Å². The number of ether oxygens (including phenoxy) is 2. The van der Waals surface area contributed by atoms with Crippen molar-refractivity contribution in [3.8, 4) is 0 Å². The number of cyclic esters (lactones) is 3. The van der Waals surface area contributed by atoms with E-state index in [2.05, 4.69) is 4.74 Å². The molecule has 6 heteroatoms. The maximum absolute atomic E-state index is 11.6. The van der Waals surface area contributed by atoms with Crippen molar-refractivity contribution in [1.29, 1.82) is 0 Å². The second-order valence-electron chi connectivity index (χ2n) is 5.41. The second kappa shape index (κ2) is 4.76. The quantitative estimate of drug-likeness (QED) is 0.671. The van der Waals surface area contributed by atoms with E-state index in [-0.39, 0.29) is 11.1 Å². The molecule has 114 valence electrons. The van der Waals surface area contributed by atoms with Gasteiger partial charge < -0.3 is 14.6 Å². The summed E-state index contributed by atoms with van der Waals surface area (Å²) in [6.07, 6.45) is -0.770. The summed E-state index contributed by atoms with van der Waals surface area (Å²) in [5.41, 5.74) is 2.97. The number of rotatable bonds is 2. The molecule has 4 rings (SSSR count). The maximum Gasteiger partial charge on any atom is 0.346 e. The zero-order valence-electron chi connectivity index (χ0n) is 11.7. The first-order valence-corrected chi connectivity index (χ1v) is 6.94. The number of hydrogen-bond acceptors (Lipinski definition) is 6. The lowest BCUT2D eigenvalue weighted by molar-refractivity contribution is -0.0548. The Labute approximate surface area is 130 Å². The summed E-state index contributed by atoms with van der Waals surface area (Å²) in [6, 6.07) is 9.98. The first-order valence-electron chi connectivity index (χ1n) is 6.94. The van der Waals surface area contributed by atoms with Crippen LogP contribution in [0.15, 0.2) is 36.4 Å². The predicted molar refractivity (Wildman–Crippen MR) is 75.8 cm³/mol. The van der Waals surface area contributed by atoms with Crippen molar-refractivity contribution in [2.24, 2.45) is 0 Å². The van der Waals surface area contributed by atoms with Crippen LogP contribution in [0.25, 0.3) is 0 Å². The van der Waals surface area contributed by atoms with Gasteiger partial charge in [0.15, 0.2) is 0 Å². The summed E-state index contributed by atoms with van der Waals surface area (Å²) in [7, 11) is 0. The van der Waals surface area contributed by atoms with Crippen LogP contribution >= 0.6 is 0 Å². The molecule has 0 saturated carbocycles. The van der Waals surface area contributed by atoms with Crippen LogP contribution in [0, 0.1) is 0 Å². The van der Waals surface area contributed by atoms with Crippen LogP contribution in [-0.4, -0.2) is 23.0 Å². The average Bonchev–Trinajstić information content (AvgIpc) is 2.96. The Morgan fingerprint density at radius 3 is 2.26 bits per heavy atom. The minimum atomic E-state index is -1.25. The fourth-order valence-electron chi connectivity index (χ4n) is 2.82. The predicted octanol–water partition coefficient (Wildman–Crippen LogP) is 1.75. The molecule has 1 atom stereocenters. The molecule has 0 saturated heterocycles. The number of benzene rings is 2. The van der Waals surface area contributed by atoms with Gasteiger partial charge in [-0.05, 0) is 41.8 Å². The molecule has 0 radical (unpaired) electrons. The molecule has 2 heterocycles. The smallest absolute Gasteiger partial charge is 0.346 e. The van der Waals surface area contributed by atoms with Gasteiger partial charge in [0.1, 0.15) is 0 Å². The van der Waals surface area contributed by atoms with Crippen molar-refractivity contribution in [3.63, 3.8) is 0 Å². The minimum absolute atomic E-state index is 0.257. The molecule has 0 fully saturated rings. The van der Waals surface area contributed by atoms with Crippen LogP contribution in [-0.2, 0) is 15.9 Å². The number of aliphatic hydroxyl groups excluding tert-OH is 1.